The van der Waals surface area contributed by atoms with Crippen molar-refractivity contribution in [2.24, 2.45) is 0 Å². The van der Waals surface area contributed by atoms with Gasteiger partial charge in [0, 0.05) is 11.6 Å². The van der Waals surface area contributed by atoms with Crippen molar-refractivity contribution in [2.45, 2.75) is 33.2 Å². The van der Waals surface area contributed by atoms with Crippen LogP contribution in [0.5, 0.6) is 5.75 Å². The largest absolute Gasteiger partial charge is 0.413 e. The molecule has 0 atom stereocenters. The van der Waals surface area contributed by atoms with Crippen LogP contribution in [0.15, 0.2) is 12.3 Å². The Morgan fingerprint density at radius 1 is 1.50 bits per heavy atom. The lowest BCUT2D eigenvalue weighted by molar-refractivity contribution is 0.190. The van der Waals surface area contributed by atoms with Gasteiger partial charge in [-0.2, -0.15) is 0 Å². The number of nitrogens with zero attached hydrogens (tertiary/aromatic N) is 1. The number of amides is 1. The van der Waals surface area contributed by atoms with Crippen molar-refractivity contribution in [3.63, 3.8) is 0 Å². The Morgan fingerprint density at radius 2 is 2.12 bits per heavy atom. The lowest BCUT2D eigenvalue weighted by atomic mass is 10.1. The monoisotopic (exact) mass is 223 g/mol. The van der Waals surface area contributed by atoms with Gasteiger partial charge in [0.1, 0.15) is 0 Å². The smallest absolute Gasteiger partial charge is 0.409 e. The van der Waals surface area contributed by atoms with E-state index in [1.165, 1.54) is 6.20 Å². The number of carbonyl (C=O) groups excluding carboxylic acids is 1. The van der Waals surface area contributed by atoms with Crippen LogP contribution in [0, 0.1) is 6.92 Å². The van der Waals surface area contributed by atoms with Gasteiger partial charge in [-0.15, -0.1) is 0 Å². The summed E-state index contributed by atoms with van der Waals surface area (Å²) in [6.45, 7) is 7.40. The van der Waals surface area contributed by atoms with Crippen LogP contribution in [0.1, 0.15) is 26.5 Å². The minimum absolute atomic E-state index is 0.333. The van der Waals surface area contributed by atoms with E-state index in [9.17, 15) is 4.79 Å². The molecule has 1 rings (SSSR count). The van der Waals surface area contributed by atoms with Crippen LogP contribution < -0.4 is 15.8 Å². The maximum atomic E-state index is 11.4. The summed E-state index contributed by atoms with van der Waals surface area (Å²) in [5, 5.41) is 2.67. The van der Waals surface area contributed by atoms with Crippen LogP contribution in [0.25, 0.3) is 0 Å². The van der Waals surface area contributed by atoms with Gasteiger partial charge >= 0.3 is 6.09 Å². The topological polar surface area (TPSA) is 77.2 Å². The number of ether oxygens (including phenoxy) is 1. The van der Waals surface area contributed by atoms with Crippen LogP contribution >= 0.6 is 0 Å². The van der Waals surface area contributed by atoms with E-state index in [1.807, 2.05) is 20.8 Å². The minimum atomic E-state index is -0.516. The Morgan fingerprint density at radius 3 is 2.62 bits per heavy atom. The average molecular weight is 223 g/mol. The molecule has 5 heteroatoms. The Bertz CT molecular complexity index is 397. The van der Waals surface area contributed by atoms with E-state index >= 15 is 0 Å². The second kappa shape index (κ2) is 4.38. The molecular weight excluding hydrogens is 206 g/mol. The zero-order valence-electron chi connectivity index (χ0n) is 10.00. The number of pyridine rings is 1. The number of rotatable bonds is 1. The molecule has 0 aliphatic rings. The number of nitrogen functional groups attached to an aromatic ring is 1. The van der Waals surface area contributed by atoms with E-state index in [4.69, 9.17) is 10.5 Å². The van der Waals surface area contributed by atoms with Crippen LogP contribution in [0.3, 0.4) is 0 Å². The number of aryl methyl sites for hydroxylation is 1. The minimum Gasteiger partial charge on any atom is -0.409 e. The normalized spacial score (nSPS) is 11.0. The van der Waals surface area contributed by atoms with Crippen LogP contribution in [0.4, 0.5) is 10.5 Å². The molecule has 0 unspecified atom stereocenters. The molecule has 0 aromatic carbocycles. The molecule has 0 radical (unpaired) electrons. The van der Waals surface area contributed by atoms with Gasteiger partial charge < -0.3 is 15.8 Å². The summed E-state index contributed by atoms with van der Waals surface area (Å²) < 4.78 is 5.03. The highest BCUT2D eigenvalue weighted by atomic mass is 16.6. The Kier molecular flexibility index (Phi) is 3.37. The average Bonchev–Trinajstić information content (AvgIpc) is 2.08. The molecular formula is C11H17N3O2. The third-order valence-corrected chi connectivity index (χ3v) is 1.79. The maximum Gasteiger partial charge on any atom is 0.413 e. The van der Waals surface area contributed by atoms with Gasteiger partial charge in [0.25, 0.3) is 0 Å². The first-order valence-electron chi connectivity index (χ1n) is 5.00. The molecule has 0 saturated heterocycles. The van der Waals surface area contributed by atoms with Gasteiger partial charge in [-0.25, -0.2) is 4.79 Å². The molecule has 0 fully saturated rings. The zero-order chi connectivity index (χ0) is 12.3. The fourth-order valence-electron chi connectivity index (χ4n) is 1.02. The molecule has 1 heterocycles. The van der Waals surface area contributed by atoms with Gasteiger partial charge in [0.15, 0.2) is 5.75 Å². The second-order valence-electron chi connectivity index (χ2n) is 4.61. The number of carbonyl (C=O) groups is 1. The molecule has 0 spiro atoms. The van der Waals surface area contributed by atoms with E-state index in [0.717, 1.165) is 0 Å². The summed E-state index contributed by atoms with van der Waals surface area (Å²) in [5.74, 6) is 0.338. The summed E-state index contributed by atoms with van der Waals surface area (Å²) in [6, 6.07) is 1.57. The quantitative estimate of drug-likeness (QED) is 0.761. The molecule has 16 heavy (non-hydrogen) atoms. The maximum absolute atomic E-state index is 11.4. The van der Waals surface area contributed by atoms with Crippen molar-refractivity contribution >= 4 is 11.8 Å². The number of nitrogens with two attached hydrogens (primary N) is 1. The number of hydrogen-bond donors (Lipinski definition) is 2. The number of aromatic nitrogens is 1. The van der Waals surface area contributed by atoms with Crippen molar-refractivity contribution in [3.05, 3.63) is 18.0 Å². The lowest BCUT2D eigenvalue weighted by Crippen LogP contribution is -2.42. The fourth-order valence-corrected chi connectivity index (χ4v) is 1.02. The molecule has 0 aliphatic heterocycles. The van der Waals surface area contributed by atoms with E-state index < -0.39 is 6.09 Å². The predicted molar refractivity (Wildman–Crippen MR) is 62.3 cm³/mol. The van der Waals surface area contributed by atoms with Crippen molar-refractivity contribution in [2.75, 3.05) is 5.73 Å². The number of hydrogen-bond acceptors (Lipinski definition) is 4. The van der Waals surface area contributed by atoms with Gasteiger partial charge in [0.05, 0.1) is 17.6 Å². The number of nitrogens with one attached hydrogen (secondary N) is 1. The van der Waals surface area contributed by atoms with E-state index in [2.05, 4.69) is 10.3 Å². The third kappa shape index (κ3) is 3.76. The van der Waals surface area contributed by atoms with Gasteiger partial charge in [-0.05, 0) is 27.7 Å². The SMILES string of the molecule is Cc1ncc(OC(=O)NC(C)(C)C)cc1N. The molecule has 1 aromatic rings. The van der Waals surface area contributed by atoms with Gasteiger partial charge in [-0.3, -0.25) is 4.98 Å². The predicted octanol–water partition coefficient (Wildman–Crippen LogP) is 1.86. The highest BCUT2D eigenvalue weighted by molar-refractivity contribution is 5.71. The standard InChI is InChI=1S/C11H17N3O2/c1-7-9(12)5-8(6-13-7)16-10(15)14-11(2,3)4/h5-6H,12H2,1-4H3,(H,14,15). The van der Waals surface area contributed by atoms with Crippen molar-refractivity contribution in [1.82, 2.24) is 10.3 Å². The van der Waals surface area contributed by atoms with Gasteiger partial charge in [0.2, 0.25) is 0 Å². The third-order valence-electron chi connectivity index (χ3n) is 1.79. The Balaban J connectivity index is 2.67. The van der Waals surface area contributed by atoms with Crippen LogP contribution in [-0.4, -0.2) is 16.6 Å². The summed E-state index contributed by atoms with van der Waals surface area (Å²) in [6.07, 6.45) is 0.950. The van der Waals surface area contributed by atoms with Crippen molar-refractivity contribution in [1.29, 1.82) is 0 Å². The lowest BCUT2D eigenvalue weighted by Gasteiger charge is -2.19. The first-order chi connectivity index (χ1) is 7.28. The summed E-state index contributed by atoms with van der Waals surface area (Å²) in [5.41, 5.74) is 6.53. The molecule has 0 bridgehead atoms. The zero-order valence-corrected chi connectivity index (χ0v) is 10.00. The second-order valence-corrected chi connectivity index (χ2v) is 4.61. The molecule has 5 nitrogen and oxygen atoms in total. The molecule has 3 N–H and O–H groups in total. The van der Waals surface area contributed by atoms with E-state index in [0.29, 0.717) is 17.1 Å². The summed E-state index contributed by atoms with van der Waals surface area (Å²) in [4.78, 5) is 15.4. The molecule has 0 aliphatic carbocycles. The Labute approximate surface area is 95.0 Å². The first kappa shape index (κ1) is 12.3. The van der Waals surface area contributed by atoms with E-state index in [-0.39, 0.29) is 5.54 Å². The van der Waals surface area contributed by atoms with Crippen molar-refractivity contribution in [3.8, 4) is 5.75 Å². The Hall–Kier alpha value is -1.78. The summed E-state index contributed by atoms with van der Waals surface area (Å²) in [7, 11) is 0. The fraction of sp³-hybridized carbons (Fsp3) is 0.455. The summed E-state index contributed by atoms with van der Waals surface area (Å²) >= 11 is 0. The molecule has 0 saturated carbocycles. The van der Waals surface area contributed by atoms with Crippen LogP contribution in [0.2, 0.25) is 0 Å². The van der Waals surface area contributed by atoms with Gasteiger partial charge in [-0.1, -0.05) is 0 Å². The highest BCUT2D eigenvalue weighted by Gasteiger charge is 2.15. The molecule has 1 amide bonds. The van der Waals surface area contributed by atoms with E-state index in [1.54, 1.807) is 13.0 Å². The first-order valence-corrected chi connectivity index (χ1v) is 5.00. The molecule has 1 aromatic heterocycles. The van der Waals surface area contributed by atoms with Crippen LogP contribution in [-0.2, 0) is 0 Å². The number of anilines is 1. The van der Waals surface area contributed by atoms with Crippen molar-refractivity contribution < 1.29 is 9.53 Å². The molecule has 88 valence electrons. The highest BCUT2D eigenvalue weighted by Crippen LogP contribution is 2.16.